The van der Waals surface area contributed by atoms with Gasteiger partial charge >= 0.3 is 0 Å². The maximum atomic E-state index is 12.4. The van der Waals surface area contributed by atoms with Crippen LogP contribution >= 0.6 is 28.1 Å². The summed E-state index contributed by atoms with van der Waals surface area (Å²) < 4.78 is 5.96. The topological polar surface area (TPSA) is 64.3 Å². The number of nitrogens with one attached hydrogen (secondary N) is 1. The summed E-state index contributed by atoms with van der Waals surface area (Å²) in [7, 11) is 1.52. The van der Waals surface area contributed by atoms with E-state index < -0.39 is 0 Å². The van der Waals surface area contributed by atoms with E-state index in [-0.39, 0.29) is 10.9 Å². The van der Waals surface area contributed by atoms with Gasteiger partial charge in [-0.1, -0.05) is 30.4 Å². The largest absolute Gasteiger partial charge is 0.495 e. The van der Waals surface area contributed by atoms with E-state index in [1.807, 2.05) is 6.07 Å². The standard InChI is InChI=1S/C15H13BrN2O2S/c1-20-12-8-4-6-10(14(17)21)13(12)18-15(19)9-5-2-3-7-11(9)16/h2-8H,1H3,(H2,17,21)(H,18,19). The van der Waals surface area contributed by atoms with Crippen molar-refractivity contribution in [2.24, 2.45) is 5.73 Å². The van der Waals surface area contributed by atoms with Crippen LogP contribution in [0, 0.1) is 0 Å². The molecule has 0 heterocycles. The fourth-order valence-electron chi connectivity index (χ4n) is 1.86. The highest BCUT2D eigenvalue weighted by atomic mass is 79.9. The van der Waals surface area contributed by atoms with Gasteiger partial charge < -0.3 is 15.8 Å². The zero-order valence-electron chi connectivity index (χ0n) is 11.2. The number of hydrogen-bond donors (Lipinski definition) is 2. The van der Waals surface area contributed by atoms with Gasteiger partial charge in [0.05, 0.1) is 18.4 Å². The molecule has 0 aliphatic rings. The number of benzene rings is 2. The molecule has 2 aromatic rings. The number of thiocarbonyl (C=S) groups is 1. The number of carbonyl (C=O) groups is 1. The third-order valence-corrected chi connectivity index (χ3v) is 3.78. The molecule has 0 aliphatic carbocycles. The second-order valence-electron chi connectivity index (χ2n) is 4.18. The molecule has 0 aromatic heterocycles. The molecule has 1 amide bonds. The summed E-state index contributed by atoms with van der Waals surface area (Å²) in [5.41, 5.74) is 7.24. The Labute approximate surface area is 136 Å². The lowest BCUT2D eigenvalue weighted by Crippen LogP contribution is -2.18. The first-order chi connectivity index (χ1) is 10.0. The van der Waals surface area contributed by atoms with Gasteiger partial charge in [-0.05, 0) is 40.2 Å². The number of rotatable bonds is 4. The lowest BCUT2D eigenvalue weighted by molar-refractivity contribution is 0.102. The van der Waals surface area contributed by atoms with E-state index in [0.29, 0.717) is 27.0 Å². The van der Waals surface area contributed by atoms with Gasteiger partial charge in [-0.3, -0.25) is 4.79 Å². The lowest BCUT2D eigenvalue weighted by atomic mass is 10.1. The van der Waals surface area contributed by atoms with Crippen LogP contribution in [0.25, 0.3) is 0 Å². The predicted molar refractivity (Wildman–Crippen MR) is 91.0 cm³/mol. The lowest BCUT2D eigenvalue weighted by Gasteiger charge is -2.14. The highest BCUT2D eigenvalue weighted by molar-refractivity contribution is 9.10. The van der Waals surface area contributed by atoms with E-state index in [4.69, 9.17) is 22.7 Å². The summed E-state index contributed by atoms with van der Waals surface area (Å²) >= 11 is 8.36. The van der Waals surface area contributed by atoms with Crippen molar-refractivity contribution >= 4 is 44.7 Å². The Bertz CT molecular complexity index is 704. The van der Waals surface area contributed by atoms with Gasteiger partial charge in [0, 0.05) is 10.0 Å². The van der Waals surface area contributed by atoms with Crippen molar-refractivity contribution in [3.8, 4) is 5.75 Å². The summed E-state index contributed by atoms with van der Waals surface area (Å²) in [5, 5.41) is 2.81. The molecule has 4 nitrogen and oxygen atoms in total. The minimum Gasteiger partial charge on any atom is -0.495 e. The summed E-state index contributed by atoms with van der Waals surface area (Å²) in [6.07, 6.45) is 0. The quantitative estimate of drug-likeness (QED) is 0.816. The van der Waals surface area contributed by atoms with Crippen molar-refractivity contribution in [2.75, 3.05) is 12.4 Å². The minimum absolute atomic E-state index is 0.191. The summed E-state index contributed by atoms with van der Waals surface area (Å²) in [6.45, 7) is 0. The Morgan fingerprint density at radius 1 is 1.19 bits per heavy atom. The number of carbonyl (C=O) groups excluding carboxylic acids is 1. The van der Waals surface area contributed by atoms with E-state index in [2.05, 4.69) is 21.2 Å². The zero-order valence-corrected chi connectivity index (χ0v) is 13.6. The SMILES string of the molecule is COc1cccc(C(N)=S)c1NC(=O)c1ccccc1Br. The number of amides is 1. The second-order valence-corrected chi connectivity index (χ2v) is 5.48. The molecule has 2 rings (SSSR count). The monoisotopic (exact) mass is 364 g/mol. The van der Waals surface area contributed by atoms with Gasteiger partial charge in [0.2, 0.25) is 0 Å². The first-order valence-corrected chi connectivity index (χ1v) is 7.27. The van der Waals surface area contributed by atoms with E-state index in [9.17, 15) is 4.79 Å². The Morgan fingerprint density at radius 2 is 1.86 bits per heavy atom. The second kappa shape index (κ2) is 6.69. The maximum Gasteiger partial charge on any atom is 0.256 e. The number of ether oxygens (including phenoxy) is 1. The average molecular weight is 365 g/mol. The van der Waals surface area contributed by atoms with Crippen LogP contribution in [0.2, 0.25) is 0 Å². The normalized spacial score (nSPS) is 10.0. The van der Waals surface area contributed by atoms with E-state index in [1.165, 1.54) is 7.11 Å². The maximum absolute atomic E-state index is 12.4. The molecule has 6 heteroatoms. The Hall–Kier alpha value is -1.92. The number of para-hydroxylation sites is 1. The Morgan fingerprint density at radius 3 is 2.48 bits per heavy atom. The number of hydrogen-bond acceptors (Lipinski definition) is 3. The third-order valence-electron chi connectivity index (χ3n) is 2.87. The molecule has 0 saturated heterocycles. The molecule has 0 spiro atoms. The molecule has 2 aromatic carbocycles. The van der Waals surface area contributed by atoms with Crippen molar-refractivity contribution in [1.29, 1.82) is 0 Å². The molecule has 0 bridgehead atoms. The van der Waals surface area contributed by atoms with Crippen LogP contribution in [0.4, 0.5) is 5.69 Å². The van der Waals surface area contributed by atoms with Crippen LogP contribution in [0.15, 0.2) is 46.9 Å². The molecule has 0 fully saturated rings. The van der Waals surface area contributed by atoms with Crippen LogP contribution in [-0.4, -0.2) is 18.0 Å². The first-order valence-electron chi connectivity index (χ1n) is 6.07. The van der Waals surface area contributed by atoms with Crippen LogP contribution in [0.1, 0.15) is 15.9 Å². The third kappa shape index (κ3) is 3.40. The Kier molecular flexibility index (Phi) is 4.93. The highest BCUT2D eigenvalue weighted by Crippen LogP contribution is 2.29. The predicted octanol–water partition coefficient (Wildman–Crippen LogP) is 3.34. The van der Waals surface area contributed by atoms with Crippen molar-refractivity contribution in [3.63, 3.8) is 0 Å². The van der Waals surface area contributed by atoms with Crippen LogP contribution < -0.4 is 15.8 Å². The van der Waals surface area contributed by atoms with Gasteiger partial charge in [-0.25, -0.2) is 0 Å². The fraction of sp³-hybridized carbons (Fsp3) is 0.0667. The van der Waals surface area contributed by atoms with Crippen LogP contribution in [0.3, 0.4) is 0 Å². The van der Waals surface area contributed by atoms with Crippen molar-refractivity contribution in [1.82, 2.24) is 0 Å². The molecule has 0 unspecified atom stereocenters. The summed E-state index contributed by atoms with van der Waals surface area (Å²) in [6, 6.07) is 12.4. The number of anilines is 1. The summed E-state index contributed by atoms with van der Waals surface area (Å²) in [5.74, 6) is 0.227. The van der Waals surface area contributed by atoms with Gasteiger partial charge in [0.15, 0.2) is 0 Å². The highest BCUT2D eigenvalue weighted by Gasteiger charge is 2.16. The van der Waals surface area contributed by atoms with Gasteiger partial charge in [0.25, 0.3) is 5.91 Å². The van der Waals surface area contributed by atoms with Crippen molar-refractivity contribution < 1.29 is 9.53 Å². The molecule has 0 aliphatic heterocycles. The molecular formula is C15H13BrN2O2S. The zero-order chi connectivity index (χ0) is 15.4. The molecular weight excluding hydrogens is 352 g/mol. The first kappa shape index (κ1) is 15.5. The smallest absolute Gasteiger partial charge is 0.256 e. The van der Waals surface area contributed by atoms with Gasteiger partial charge in [-0.15, -0.1) is 0 Å². The number of methoxy groups -OCH3 is 1. The Balaban J connectivity index is 2.41. The van der Waals surface area contributed by atoms with Crippen molar-refractivity contribution in [3.05, 3.63) is 58.1 Å². The molecule has 108 valence electrons. The van der Waals surface area contributed by atoms with E-state index in [1.54, 1.807) is 36.4 Å². The van der Waals surface area contributed by atoms with Crippen molar-refractivity contribution in [2.45, 2.75) is 0 Å². The molecule has 3 N–H and O–H groups in total. The molecule has 0 radical (unpaired) electrons. The molecule has 0 atom stereocenters. The van der Waals surface area contributed by atoms with Gasteiger partial charge in [0.1, 0.15) is 10.7 Å². The number of nitrogens with two attached hydrogens (primary N) is 1. The van der Waals surface area contributed by atoms with E-state index >= 15 is 0 Å². The minimum atomic E-state index is -0.274. The average Bonchev–Trinajstić information content (AvgIpc) is 2.47. The summed E-state index contributed by atoms with van der Waals surface area (Å²) in [4.78, 5) is 12.6. The van der Waals surface area contributed by atoms with Crippen LogP contribution in [0.5, 0.6) is 5.75 Å². The molecule has 21 heavy (non-hydrogen) atoms. The van der Waals surface area contributed by atoms with Crippen LogP contribution in [-0.2, 0) is 0 Å². The van der Waals surface area contributed by atoms with E-state index in [0.717, 1.165) is 0 Å². The fourth-order valence-corrected chi connectivity index (χ4v) is 2.50. The molecule has 0 saturated carbocycles. The van der Waals surface area contributed by atoms with Gasteiger partial charge in [-0.2, -0.15) is 0 Å². The number of halogens is 1.